The van der Waals surface area contributed by atoms with Crippen molar-refractivity contribution in [2.45, 2.75) is 20.1 Å². The quantitative estimate of drug-likeness (QED) is 0.452. The summed E-state index contributed by atoms with van der Waals surface area (Å²) in [5.41, 5.74) is 0.629. The Morgan fingerprint density at radius 1 is 1.37 bits per heavy atom. The molecule has 2 heterocycles. The summed E-state index contributed by atoms with van der Waals surface area (Å²) in [6, 6.07) is 3.67. The van der Waals surface area contributed by atoms with Crippen LogP contribution in [0.5, 0.6) is 0 Å². The molecule has 3 aromatic rings. The van der Waals surface area contributed by atoms with Gasteiger partial charge in [0.2, 0.25) is 5.78 Å². The van der Waals surface area contributed by atoms with E-state index in [1.165, 1.54) is 22.2 Å². The predicted molar refractivity (Wildman–Crippen MR) is 95.2 cm³/mol. The highest BCUT2D eigenvalue weighted by molar-refractivity contribution is 7.46. The third kappa shape index (κ3) is 4.20. The Hall–Kier alpha value is -2.23. The molecule has 1 aromatic carbocycles. The van der Waals surface area contributed by atoms with Crippen LogP contribution in [0.25, 0.3) is 10.9 Å². The lowest BCUT2D eigenvalue weighted by molar-refractivity contribution is 0.0984. The van der Waals surface area contributed by atoms with Gasteiger partial charge >= 0.3 is 7.82 Å². The number of carbonyl (C=O) groups is 2. The van der Waals surface area contributed by atoms with Crippen molar-refractivity contribution in [3.8, 4) is 0 Å². The number of phosphoric ester groups is 1. The fraction of sp³-hybridized carbons (Fsp3) is 0.188. The molecular formula is C16H14FN2O6PS. The minimum absolute atomic E-state index is 0.0611. The van der Waals surface area contributed by atoms with E-state index in [-0.39, 0.29) is 33.9 Å². The van der Waals surface area contributed by atoms with Crippen LogP contribution in [-0.2, 0) is 15.8 Å². The summed E-state index contributed by atoms with van der Waals surface area (Å²) in [4.78, 5) is 46.3. The number of carbonyl (C=O) groups excluding carboxylic acids is 2. The molecule has 2 N–H and O–H groups in total. The van der Waals surface area contributed by atoms with E-state index in [2.05, 4.69) is 9.51 Å². The molecule has 0 atom stereocenters. The summed E-state index contributed by atoms with van der Waals surface area (Å²) in [5, 5.41) is 1.79. The molecule has 0 aliphatic rings. The van der Waals surface area contributed by atoms with Gasteiger partial charge in [0.25, 0.3) is 0 Å². The standard InChI is InChI=1S/C16H14FN2O6PS/c1-2-14(20)12-7-27-16(18-12)15(21)11-6-19(8-25-26(22,23)24)13-4-3-9(17)5-10(11)13/h3-7H,2,8H2,1H3,(H2,22,23,24). The first-order chi connectivity index (χ1) is 12.7. The Morgan fingerprint density at radius 2 is 2.11 bits per heavy atom. The molecule has 142 valence electrons. The lowest BCUT2D eigenvalue weighted by atomic mass is 10.1. The number of hydrogen-bond donors (Lipinski definition) is 2. The van der Waals surface area contributed by atoms with Crippen LogP contribution in [0.4, 0.5) is 4.39 Å². The van der Waals surface area contributed by atoms with Crippen LogP contribution in [0.15, 0.2) is 29.8 Å². The second-order valence-corrected chi connectivity index (χ2v) is 7.66. The lowest BCUT2D eigenvalue weighted by Gasteiger charge is -2.07. The number of benzene rings is 1. The van der Waals surface area contributed by atoms with Crippen LogP contribution in [0.2, 0.25) is 0 Å². The molecule has 0 saturated carbocycles. The van der Waals surface area contributed by atoms with Crippen molar-refractivity contribution < 1.29 is 32.9 Å². The number of ketones is 2. The molecule has 0 aliphatic carbocycles. The van der Waals surface area contributed by atoms with E-state index in [0.29, 0.717) is 5.52 Å². The highest BCUT2D eigenvalue weighted by Crippen LogP contribution is 2.37. The lowest BCUT2D eigenvalue weighted by Crippen LogP contribution is -2.03. The maximum Gasteiger partial charge on any atom is 0.471 e. The average molecular weight is 412 g/mol. The van der Waals surface area contributed by atoms with Gasteiger partial charge in [-0.3, -0.25) is 14.1 Å². The van der Waals surface area contributed by atoms with Gasteiger partial charge < -0.3 is 14.4 Å². The van der Waals surface area contributed by atoms with E-state index in [9.17, 15) is 18.5 Å². The van der Waals surface area contributed by atoms with Gasteiger partial charge in [-0.25, -0.2) is 13.9 Å². The Labute approximate surface area is 156 Å². The highest BCUT2D eigenvalue weighted by atomic mass is 32.1. The maximum atomic E-state index is 13.7. The first-order valence-electron chi connectivity index (χ1n) is 7.71. The number of nitrogens with zero attached hydrogens (tertiary/aromatic N) is 2. The summed E-state index contributed by atoms with van der Waals surface area (Å²) in [5.74, 6) is -1.30. The smallest absolute Gasteiger partial charge is 0.322 e. The molecule has 0 spiro atoms. The number of halogens is 1. The summed E-state index contributed by atoms with van der Waals surface area (Å²) in [6.07, 6.45) is 1.56. The van der Waals surface area contributed by atoms with Gasteiger partial charge in [0.05, 0.1) is 11.1 Å². The highest BCUT2D eigenvalue weighted by Gasteiger charge is 2.22. The molecule has 3 rings (SSSR count). The van der Waals surface area contributed by atoms with Gasteiger partial charge in [-0.2, -0.15) is 0 Å². The molecule has 0 aliphatic heterocycles. The minimum atomic E-state index is -4.73. The van der Waals surface area contributed by atoms with E-state index in [0.717, 1.165) is 23.5 Å². The molecule has 11 heteroatoms. The third-order valence-electron chi connectivity index (χ3n) is 3.76. The van der Waals surface area contributed by atoms with Crippen LogP contribution in [-0.4, -0.2) is 30.9 Å². The molecule has 0 bridgehead atoms. The van der Waals surface area contributed by atoms with Crippen LogP contribution in [0, 0.1) is 5.82 Å². The Morgan fingerprint density at radius 3 is 2.78 bits per heavy atom. The molecule has 0 radical (unpaired) electrons. The summed E-state index contributed by atoms with van der Waals surface area (Å²) in [7, 11) is -4.73. The molecule has 0 saturated heterocycles. The fourth-order valence-corrected chi connectivity index (χ4v) is 3.55. The van der Waals surface area contributed by atoms with E-state index in [4.69, 9.17) is 9.79 Å². The number of hydrogen-bond acceptors (Lipinski definition) is 6. The number of rotatable bonds is 7. The van der Waals surface area contributed by atoms with Crippen molar-refractivity contribution in [2.24, 2.45) is 0 Å². The maximum absolute atomic E-state index is 13.7. The van der Waals surface area contributed by atoms with Crippen LogP contribution in [0.3, 0.4) is 0 Å². The summed E-state index contributed by atoms with van der Waals surface area (Å²) >= 11 is 0.996. The molecule has 27 heavy (non-hydrogen) atoms. The van der Waals surface area contributed by atoms with Gasteiger partial charge in [-0.1, -0.05) is 6.92 Å². The SMILES string of the molecule is CCC(=O)c1csc(C(=O)c2cn(COP(=O)(O)O)c3ccc(F)cc23)n1. The Kier molecular flexibility index (Phi) is 5.36. The number of phosphoric acid groups is 1. The zero-order valence-electron chi connectivity index (χ0n) is 14.0. The van der Waals surface area contributed by atoms with Crippen molar-refractivity contribution in [3.63, 3.8) is 0 Å². The second-order valence-electron chi connectivity index (χ2n) is 5.57. The van der Waals surface area contributed by atoms with Gasteiger partial charge in [0.1, 0.15) is 18.2 Å². The van der Waals surface area contributed by atoms with Crippen LogP contribution < -0.4 is 0 Å². The van der Waals surface area contributed by atoms with E-state index in [1.807, 2.05) is 0 Å². The molecule has 0 fully saturated rings. The van der Waals surface area contributed by atoms with Crippen LogP contribution >= 0.6 is 19.2 Å². The minimum Gasteiger partial charge on any atom is -0.322 e. The first-order valence-corrected chi connectivity index (χ1v) is 10.1. The average Bonchev–Trinajstić information content (AvgIpc) is 3.23. The topological polar surface area (TPSA) is 119 Å². The van der Waals surface area contributed by atoms with Crippen molar-refractivity contribution >= 4 is 41.6 Å². The van der Waals surface area contributed by atoms with Crippen molar-refractivity contribution in [1.82, 2.24) is 9.55 Å². The van der Waals surface area contributed by atoms with Crippen LogP contribution in [0.1, 0.15) is 39.2 Å². The third-order valence-corrected chi connectivity index (χ3v) is 5.05. The monoisotopic (exact) mass is 412 g/mol. The largest absolute Gasteiger partial charge is 0.471 e. The summed E-state index contributed by atoms with van der Waals surface area (Å²) < 4.78 is 30.4. The number of fused-ring (bicyclic) bond motifs is 1. The van der Waals surface area contributed by atoms with Gasteiger partial charge in [-0.15, -0.1) is 11.3 Å². The van der Waals surface area contributed by atoms with Crippen molar-refractivity contribution in [1.29, 1.82) is 0 Å². The molecule has 2 aromatic heterocycles. The molecule has 0 unspecified atom stereocenters. The normalized spacial score (nSPS) is 11.9. The summed E-state index contributed by atoms with van der Waals surface area (Å²) in [6.45, 7) is 1.15. The van der Waals surface area contributed by atoms with E-state index < -0.39 is 26.2 Å². The zero-order valence-corrected chi connectivity index (χ0v) is 15.7. The van der Waals surface area contributed by atoms with Gasteiger partial charge in [0, 0.05) is 23.4 Å². The Balaban J connectivity index is 2.03. The van der Waals surface area contributed by atoms with Crippen molar-refractivity contribution in [3.05, 3.63) is 51.9 Å². The zero-order chi connectivity index (χ0) is 19.8. The second kappa shape index (κ2) is 7.41. The molecule has 0 amide bonds. The van der Waals surface area contributed by atoms with E-state index in [1.54, 1.807) is 6.92 Å². The van der Waals surface area contributed by atoms with E-state index >= 15 is 0 Å². The molecular weight excluding hydrogens is 398 g/mol. The number of aromatic nitrogens is 2. The first kappa shape index (κ1) is 19.5. The predicted octanol–water partition coefficient (Wildman–Crippen LogP) is 3.13. The number of Topliss-reactive ketones (excluding diaryl/α,β-unsaturated/α-hetero) is 1. The number of thiazole rings is 1. The van der Waals surface area contributed by atoms with Gasteiger partial charge in [-0.05, 0) is 18.2 Å². The van der Waals surface area contributed by atoms with Gasteiger partial charge in [0.15, 0.2) is 10.8 Å². The van der Waals surface area contributed by atoms with Crippen molar-refractivity contribution in [2.75, 3.05) is 0 Å². The fourth-order valence-electron chi connectivity index (χ4n) is 2.50. The molecule has 8 nitrogen and oxygen atoms in total. The Bertz CT molecular complexity index is 1090.